The van der Waals surface area contributed by atoms with Gasteiger partial charge in [-0.1, -0.05) is 31.2 Å². The molecule has 0 bridgehead atoms. The number of nitrogens with zero attached hydrogens (tertiary/aromatic N) is 1. The predicted molar refractivity (Wildman–Crippen MR) is 89.5 cm³/mol. The minimum Gasteiger partial charge on any atom is -0.310 e. The number of hydrogen-bond acceptors (Lipinski definition) is 2. The lowest BCUT2D eigenvalue weighted by Gasteiger charge is -2.26. The molecule has 0 heterocycles. The van der Waals surface area contributed by atoms with E-state index >= 15 is 0 Å². The summed E-state index contributed by atoms with van der Waals surface area (Å²) >= 11 is 0. The lowest BCUT2D eigenvalue weighted by molar-refractivity contribution is 0.237. The molecule has 2 aliphatic rings. The van der Waals surface area contributed by atoms with Crippen LogP contribution in [-0.4, -0.2) is 30.6 Å². The van der Waals surface area contributed by atoms with E-state index in [0.29, 0.717) is 6.04 Å². The average molecular weight is 286 g/mol. The van der Waals surface area contributed by atoms with Crippen LogP contribution in [0.15, 0.2) is 24.3 Å². The summed E-state index contributed by atoms with van der Waals surface area (Å²) < 4.78 is 0. The SMILES string of the molecule is CCNC(CCN(CC1CC1)C1CC1)c1ccccc1C. The summed E-state index contributed by atoms with van der Waals surface area (Å²) in [6.07, 6.45) is 7.04. The van der Waals surface area contributed by atoms with E-state index in [9.17, 15) is 0 Å². The molecule has 2 nitrogen and oxygen atoms in total. The minimum atomic E-state index is 0.511. The van der Waals surface area contributed by atoms with Gasteiger partial charge in [0.1, 0.15) is 0 Å². The van der Waals surface area contributed by atoms with E-state index in [0.717, 1.165) is 18.5 Å². The maximum Gasteiger partial charge on any atom is 0.0334 e. The zero-order chi connectivity index (χ0) is 14.7. The molecule has 1 aromatic rings. The largest absolute Gasteiger partial charge is 0.310 e. The van der Waals surface area contributed by atoms with E-state index in [1.807, 2.05) is 0 Å². The van der Waals surface area contributed by atoms with Crippen molar-refractivity contribution in [2.75, 3.05) is 19.6 Å². The summed E-state index contributed by atoms with van der Waals surface area (Å²) in [5.41, 5.74) is 2.91. The molecule has 3 rings (SSSR count). The Morgan fingerprint density at radius 3 is 2.57 bits per heavy atom. The Labute approximate surface area is 129 Å². The highest BCUT2D eigenvalue weighted by atomic mass is 15.2. The first kappa shape index (κ1) is 15.1. The van der Waals surface area contributed by atoms with Crippen molar-refractivity contribution >= 4 is 0 Å². The molecule has 116 valence electrons. The zero-order valence-electron chi connectivity index (χ0n) is 13.6. The van der Waals surface area contributed by atoms with Gasteiger partial charge in [0.2, 0.25) is 0 Å². The highest BCUT2D eigenvalue weighted by Crippen LogP contribution is 2.35. The Morgan fingerprint density at radius 1 is 1.19 bits per heavy atom. The van der Waals surface area contributed by atoms with Gasteiger partial charge in [0.15, 0.2) is 0 Å². The van der Waals surface area contributed by atoms with Crippen molar-refractivity contribution in [2.45, 2.75) is 58.0 Å². The predicted octanol–water partition coefficient (Wildman–Crippen LogP) is 3.91. The molecule has 0 radical (unpaired) electrons. The first-order valence-corrected chi connectivity index (χ1v) is 8.81. The average Bonchev–Trinajstić information content (AvgIpc) is 3.36. The van der Waals surface area contributed by atoms with Crippen LogP contribution in [0.4, 0.5) is 0 Å². The Balaban J connectivity index is 1.60. The molecular weight excluding hydrogens is 256 g/mol. The second kappa shape index (κ2) is 6.93. The molecule has 2 fully saturated rings. The standard InChI is InChI=1S/C19H30N2/c1-3-20-19(18-7-5-4-6-15(18)2)12-13-21(17-10-11-17)14-16-8-9-16/h4-7,16-17,19-20H,3,8-14H2,1-2H3. The van der Waals surface area contributed by atoms with E-state index in [1.54, 1.807) is 0 Å². The summed E-state index contributed by atoms with van der Waals surface area (Å²) in [4.78, 5) is 2.78. The third-order valence-electron chi connectivity index (χ3n) is 4.97. The molecule has 2 aliphatic carbocycles. The molecule has 1 unspecified atom stereocenters. The van der Waals surface area contributed by atoms with Crippen molar-refractivity contribution in [3.8, 4) is 0 Å². The van der Waals surface area contributed by atoms with Crippen molar-refractivity contribution in [1.82, 2.24) is 10.2 Å². The normalized spacial score (nSPS) is 20.0. The van der Waals surface area contributed by atoms with Crippen molar-refractivity contribution in [2.24, 2.45) is 5.92 Å². The number of hydrogen-bond donors (Lipinski definition) is 1. The van der Waals surface area contributed by atoms with E-state index in [1.165, 1.54) is 56.3 Å². The van der Waals surface area contributed by atoms with Gasteiger partial charge in [0.25, 0.3) is 0 Å². The van der Waals surface area contributed by atoms with Gasteiger partial charge in [-0.15, -0.1) is 0 Å². The molecule has 21 heavy (non-hydrogen) atoms. The topological polar surface area (TPSA) is 15.3 Å². The van der Waals surface area contributed by atoms with Gasteiger partial charge in [-0.3, -0.25) is 0 Å². The minimum absolute atomic E-state index is 0.511. The summed E-state index contributed by atoms with van der Waals surface area (Å²) in [6.45, 7) is 8.12. The van der Waals surface area contributed by atoms with Gasteiger partial charge in [0, 0.05) is 25.2 Å². The molecule has 0 aromatic heterocycles. The molecule has 2 heteroatoms. The fraction of sp³-hybridized carbons (Fsp3) is 0.684. The van der Waals surface area contributed by atoms with Crippen LogP contribution in [0.2, 0.25) is 0 Å². The van der Waals surface area contributed by atoms with Crippen LogP contribution in [0.3, 0.4) is 0 Å². The number of rotatable bonds is 9. The van der Waals surface area contributed by atoms with Gasteiger partial charge in [0.05, 0.1) is 0 Å². The summed E-state index contributed by atoms with van der Waals surface area (Å²) in [5, 5.41) is 3.70. The smallest absolute Gasteiger partial charge is 0.0334 e. The van der Waals surface area contributed by atoms with E-state index in [2.05, 4.69) is 48.3 Å². The third-order valence-corrected chi connectivity index (χ3v) is 4.97. The number of benzene rings is 1. The summed E-state index contributed by atoms with van der Waals surface area (Å²) in [6, 6.07) is 10.3. The molecule has 0 aliphatic heterocycles. The van der Waals surface area contributed by atoms with Crippen molar-refractivity contribution in [3.05, 3.63) is 35.4 Å². The van der Waals surface area contributed by atoms with Crippen molar-refractivity contribution < 1.29 is 0 Å². The van der Waals surface area contributed by atoms with Crippen molar-refractivity contribution in [3.63, 3.8) is 0 Å². The van der Waals surface area contributed by atoms with Gasteiger partial charge < -0.3 is 10.2 Å². The van der Waals surface area contributed by atoms with Crippen LogP contribution in [-0.2, 0) is 0 Å². The lowest BCUT2D eigenvalue weighted by atomic mass is 9.98. The second-order valence-electron chi connectivity index (χ2n) is 6.93. The summed E-state index contributed by atoms with van der Waals surface area (Å²) in [7, 11) is 0. The molecule has 0 spiro atoms. The van der Waals surface area contributed by atoms with Gasteiger partial charge in [-0.25, -0.2) is 0 Å². The first-order valence-electron chi connectivity index (χ1n) is 8.81. The van der Waals surface area contributed by atoms with Crippen LogP contribution in [0.25, 0.3) is 0 Å². The van der Waals surface area contributed by atoms with Gasteiger partial charge in [-0.05, 0) is 62.6 Å². The number of aryl methyl sites for hydroxylation is 1. The molecular formula is C19H30N2. The van der Waals surface area contributed by atoms with E-state index in [4.69, 9.17) is 0 Å². The Hall–Kier alpha value is -0.860. The molecule has 1 aromatic carbocycles. The van der Waals surface area contributed by atoms with E-state index in [-0.39, 0.29) is 0 Å². The van der Waals surface area contributed by atoms with E-state index < -0.39 is 0 Å². The molecule has 2 saturated carbocycles. The van der Waals surface area contributed by atoms with Crippen LogP contribution in [0.1, 0.15) is 56.2 Å². The molecule has 1 N–H and O–H groups in total. The Kier molecular flexibility index (Phi) is 4.97. The Bertz CT molecular complexity index is 449. The highest BCUT2D eigenvalue weighted by Gasteiger charge is 2.33. The first-order chi connectivity index (χ1) is 10.3. The lowest BCUT2D eigenvalue weighted by Crippen LogP contribution is -2.33. The second-order valence-corrected chi connectivity index (χ2v) is 6.93. The maximum atomic E-state index is 3.70. The van der Waals surface area contributed by atoms with Crippen LogP contribution in [0.5, 0.6) is 0 Å². The van der Waals surface area contributed by atoms with Crippen LogP contribution < -0.4 is 5.32 Å². The number of nitrogens with one attached hydrogen (secondary N) is 1. The monoisotopic (exact) mass is 286 g/mol. The third kappa shape index (κ3) is 4.31. The fourth-order valence-electron chi connectivity index (χ4n) is 3.38. The van der Waals surface area contributed by atoms with Crippen LogP contribution in [0, 0.1) is 12.8 Å². The Morgan fingerprint density at radius 2 is 1.95 bits per heavy atom. The van der Waals surface area contributed by atoms with Crippen molar-refractivity contribution in [1.29, 1.82) is 0 Å². The molecule has 0 saturated heterocycles. The summed E-state index contributed by atoms with van der Waals surface area (Å²) in [5.74, 6) is 1.02. The molecule has 1 atom stereocenters. The maximum absolute atomic E-state index is 3.70. The molecule has 0 amide bonds. The fourth-order valence-corrected chi connectivity index (χ4v) is 3.38. The zero-order valence-corrected chi connectivity index (χ0v) is 13.6. The van der Waals surface area contributed by atoms with Gasteiger partial charge in [-0.2, -0.15) is 0 Å². The quantitative estimate of drug-likeness (QED) is 0.740. The highest BCUT2D eigenvalue weighted by molar-refractivity contribution is 5.28. The van der Waals surface area contributed by atoms with Gasteiger partial charge >= 0.3 is 0 Å². The van der Waals surface area contributed by atoms with Crippen LogP contribution >= 0.6 is 0 Å².